The third kappa shape index (κ3) is 1.61. The summed E-state index contributed by atoms with van der Waals surface area (Å²) in [4.78, 5) is 23.8. The molecule has 1 aromatic heterocycles. The number of nitrogens with zero attached hydrogens (tertiary/aromatic N) is 1. The lowest BCUT2D eigenvalue weighted by Crippen LogP contribution is -2.34. The number of rotatable bonds is 2. The highest BCUT2D eigenvalue weighted by molar-refractivity contribution is 5.30. The van der Waals surface area contributed by atoms with Gasteiger partial charge in [-0.15, -0.1) is 5.10 Å². The SMILES string of the molecule is O=c1[nH]nc(NC2CCC2)c(=O)[nH]1. The maximum atomic E-state index is 11.1. The first-order valence-corrected chi connectivity index (χ1v) is 4.21. The molecular formula is C7H10N4O2. The minimum Gasteiger partial charge on any atom is -0.361 e. The van der Waals surface area contributed by atoms with Gasteiger partial charge in [0.25, 0.3) is 5.56 Å². The summed E-state index contributed by atoms with van der Waals surface area (Å²) >= 11 is 0. The first kappa shape index (κ1) is 8.03. The molecule has 0 unspecified atom stereocenters. The lowest BCUT2D eigenvalue weighted by Gasteiger charge is -2.25. The van der Waals surface area contributed by atoms with E-state index in [4.69, 9.17) is 0 Å². The third-order valence-electron chi connectivity index (χ3n) is 2.16. The van der Waals surface area contributed by atoms with E-state index in [0.29, 0.717) is 6.04 Å². The number of aromatic amines is 2. The summed E-state index contributed by atoms with van der Waals surface area (Å²) in [5, 5.41) is 8.73. The van der Waals surface area contributed by atoms with E-state index in [1.807, 2.05) is 0 Å². The Kier molecular flexibility index (Phi) is 1.88. The number of nitrogens with one attached hydrogen (secondary N) is 3. The van der Waals surface area contributed by atoms with Gasteiger partial charge in [0.05, 0.1) is 0 Å². The molecule has 1 fully saturated rings. The molecule has 1 aliphatic rings. The third-order valence-corrected chi connectivity index (χ3v) is 2.16. The molecular weight excluding hydrogens is 172 g/mol. The molecule has 0 spiro atoms. The van der Waals surface area contributed by atoms with Gasteiger partial charge in [-0.3, -0.25) is 9.78 Å². The molecule has 0 aliphatic heterocycles. The van der Waals surface area contributed by atoms with Gasteiger partial charge in [0.2, 0.25) is 5.82 Å². The summed E-state index contributed by atoms with van der Waals surface area (Å²) in [6.07, 6.45) is 3.29. The van der Waals surface area contributed by atoms with Crippen molar-refractivity contribution < 1.29 is 0 Å². The second-order valence-electron chi connectivity index (χ2n) is 3.13. The highest BCUT2D eigenvalue weighted by atomic mass is 16.2. The maximum absolute atomic E-state index is 11.1. The number of H-pyrrole nitrogens is 2. The van der Waals surface area contributed by atoms with Gasteiger partial charge in [-0.1, -0.05) is 0 Å². The molecule has 0 atom stereocenters. The van der Waals surface area contributed by atoms with Crippen LogP contribution in [0.4, 0.5) is 5.82 Å². The molecule has 0 radical (unpaired) electrons. The lowest BCUT2D eigenvalue weighted by atomic mass is 9.93. The average Bonchev–Trinajstić information content (AvgIpc) is 1.99. The largest absolute Gasteiger partial charge is 0.361 e. The molecule has 1 heterocycles. The van der Waals surface area contributed by atoms with Gasteiger partial charge in [-0.05, 0) is 19.3 Å². The Bertz CT molecular complexity index is 403. The summed E-state index contributed by atoms with van der Waals surface area (Å²) in [6, 6.07) is 0.333. The van der Waals surface area contributed by atoms with Crippen molar-refractivity contribution in [2.24, 2.45) is 0 Å². The molecule has 0 saturated heterocycles. The molecule has 0 aromatic carbocycles. The summed E-state index contributed by atoms with van der Waals surface area (Å²) in [7, 11) is 0. The van der Waals surface area contributed by atoms with Crippen LogP contribution in [0.2, 0.25) is 0 Å². The fourth-order valence-corrected chi connectivity index (χ4v) is 1.19. The fraction of sp³-hybridized carbons (Fsp3) is 0.571. The zero-order valence-corrected chi connectivity index (χ0v) is 6.96. The van der Waals surface area contributed by atoms with Gasteiger partial charge >= 0.3 is 5.69 Å². The molecule has 0 bridgehead atoms. The predicted octanol–water partition coefficient (Wildman–Crippen LogP) is -0.577. The van der Waals surface area contributed by atoms with E-state index in [-0.39, 0.29) is 5.82 Å². The molecule has 3 N–H and O–H groups in total. The smallest absolute Gasteiger partial charge is 0.342 e. The normalized spacial score (nSPS) is 16.6. The van der Waals surface area contributed by atoms with E-state index < -0.39 is 11.2 Å². The van der Waals surface area contributed by atoms with E-state index >= 15 is 0 Å². The van der Waals surface area contributed by atoms with Gasteiger partial charge in [0.1, 0.15) is 0 Å². The monoisotopic (exact) mass is 182 g/mol. The van der Waals surface area contributed by atoms with Gasteiger partial charge in [-0.25, -0.2) is 9.89 Å². The van der Waals surface area contributed by atoms with Crippen molar-refractivity contribution in [1.82, 2.24) is 15.2 Å². The Morgan fingerprint density at radius 1 is 1.38 bits per heavy atom. The Labute approximate surface area is 73.4 Å². The van der Waals surface area contributed by atoms with Crippen molar-refractivity contribution in [2.75, 3.05) is 5.32 Å². The number of hydrogen-bond donors (Lipinski definition) is 3. The van der Waals surface area contributed by atoms with Crippen LogP contribution in [0.3, 0.4) is 0 Å². The van der Waals surface area contributed by atoms with E-state index in [0.717, 1.165) is 12.8 Å². The van der Waals surface area contributed by atoms with Crippen LogP contribution in [0.5, 0.6) is 0 Å². The van der Waals surface area contributed by atoms with Crippen molar-refractivity contribution in [2.45, 2.75) is 25.3 Å². The Morgan fingerprint density at radius 2 is 2.15 bits per heavy atom. The fourth-order valence-electron chi connectivity index (χ4n) is 1.19. The van der Waals surface area contributed by atoms with Crippen LogP contribution in [0.15, 0.2) is 9.59 Å². The number of hydrogen-bond acceptors (Lipinski definition) is 4. The van der Waals surface area contributed by atoms with Crippen LogP contribution in [0.1, 0.15) is 19.3 Å². The quantitative estimate of drug-likeness (QED) is 0.570. The van der Waals surface area contributed by atoms with Gasteiger partial charge in [0.15, 0.2) is 0 Å². The summed E-state index contributed by atoms with van der Waals surface area (Å²) in [6.45, 7) is 0. The molecule has 1 aliphatic carbocycles. The Morgan fingerprint density at radius 3 is 2.69 bits per heavy atom. The molecule has 6 nitrogen and oxygen atoms in total. The zero-order valence-electron chi connectivity index (χ0n) is 6.96. The standard InChI is InChI=1S/C7H10N4O2/c12-6-5(8-4-2-1-3-4)10-11-7(13)9-6/h4H,1-3H2,(H,8,10)(H2,9,11,12,13). The Balaban J connectivity index is 2.20. The van der Waals surface area contributed by atoms with Crippen LogP contribution in [-0.2, 0) is 0 Å². The average molecular weight is 182 g/mol. The summed E-state index contributed by atoms with van der Waals surface area (Å²) < 4.78 is 0. The van der Waals surface area contributed by atoms with Crippen LogP contribution in [0.25, 0.3) is 0 Å². The number of aromatic nitrogens is 3. The lowest BCUT2D eigenvalue weighted by molar-refractivity contribution is 0.443. The van der Waals surface area contributed by atoms with Crippen LogP contribution in [-0.4, -0.2) is 21.2 Å². The first-order valence-electron chi connectivity index (χ1n) is 4.21. The van der Waals surface area contributed by atoms with Crippen molar-refractivity contribution in [3.63, 3.8) is 0 Å². The van der Waals surface area contributed by atoms with E-state index in [1.54, 1.807) is 0 Å². The number of anilines is 1. The van der Waals surface area contributed by atoms with Gasteiger partial charge in [-0.2, -0.15) is 0 Å². The molecule has 0 amide bonds. The van der Waals surface area contributed by atoms with Crippen molar-refractivity contribution in [1.29, 1.82) is 0 Å². The van der Waals surface area contributed by atoms with E-state index in [9.17, 15) is 9.59 Å². The molecule has 70 valence electrons. The molecule has 13 heavy (non-hydrogen) atoms. The molecule has 1 aromatic rings. The second-order valence-corrected chi connectivity index (χ2v) is 3.13. The maximum Gasteiger partial charge on any atom is 0.342 e. The van der Waals surface area contributed by atoms with Crippen LogP contribution < -0.4 is 16.6 Å². The van der Waals surface area contributed by atoms with Crippen molar-refractivity contribution in [3.8, 4) is 0 Å². The van der Waals surface area contributed by atoms with Gasteiger partial charge in [0, 0.05) is 6.04 Å². The summed E-state index contributed by atoms with van der Waals surface area (Å²) in [5.74, 6) is 0.198. The van der Waals surface area contributed by atoms with E-state index in [1.165, 1.54) is 6.42 Å². The minimum atomic E-state index is -0.579. The summed E-state index contributed by atoms with van der Waals surface area (Å²) in [5.41, 5.74) is -1.04. The van der Waals surface area contributed by atoms with E-state index in [2.05, 4.69) is 20.5 Å². The molecule has 6 heteroatoms. The van der Waals surface area contributed by atoms with Gasteiger partial charge < -0.3 is 5.32 Å². The van der Waals surface area contributed by atoms with Crippen molar-refractivity contribution >= 4 is 5.82 Å². The van der Waals surface area contributed by atoms with Crippen molar-refractivity contribution in [3.05, 3.63) is 20.8 Å². The first-order chi connectivity index (χ1) is 6.25. The molecule has 1 saturated carbocycles. The predicted molar refractivity (Wildman–Crippen MR) is 46.7 cm³/mol. The second kappa shape index (κ2) is 3.04. The Hall–Kier alpha value is -1.59. The minimum absolute atomic E-state index is 0.198. The highest BCUT2D eigenvalue weighted by Gasteiger charge is 2.18. The zero-order chi connectivity index (χ0) is 9.26. The van der Waals surface area contributed by atoms with Crippen LogP contribution in [0, 0.1) is 0 Å². The highest BCUT2D eigenvalue weighted by Crippen LogP contribution is 2.20. The van der Waals surface area contributed by atoms with Crippen LogP contribution >= 0.6 is 0 Å². The molecule has 2 rings (SSSR count). The topological polar surface area (TPSA) is 90.6 Å².